The summed E-state index contributed by atoms with van der Waals surface area (Å²) in [5.41, 5.74) is 7.13. The molecular formula is C8H7ClN4. The Morgan fingerprint density at radius 1 is 1.38 bits per heavy atom. The lowest BCUT2D eigenvalue weighted by atomic mass is 10.2. The van der Waals surface area contributed by atoms with Gasteiger partial charge in [0, 0.05) is 16.3 Å². The molecule has 0 radical (unpaired) electrons. The maximum absolute atomic E-state index is 5.75. The minimum Gasteiger partial charge on any atom is -0.398 e. The molecule has 0 unspecified atom stereocenters. The summed E-state index contributed by atoms with van der Waals surface area (Å²) in [6.45, 7) is 0. The molecule has 0 atom stereocenters. The number of hydrogen-bond donors (Lipinski definition) is 2. The average molecular weight is 195 g/mol. The summed E-state index contributed by atoms with van der Waals surface area (Å²) in [6, 6.07) is 5.24. The fourth-order valence-corrected chi connectivity index (χ4v) is 1.27. The lowest BCUT2D eigenvalue weighted by Crippen LogP contribution is -1.91. The second-order valence-electron chi connectivity index (χ2n) is 2.57. The van der Waals surface area contributed by atoms with Crippen molar-refractivity contribution in [3.8, 4) is 11.4 Å². The van der Waals surface area contributed by atoms with Gasteiger partial charge in [0.25, 0.3) is 0 Å². The van der Waals surface area contributed by atoms with Crippen molar-refractivity contribution in [1.82, 2.24) is 15.2 Å². The van der Waals surface area contributed by atoms with Gasteiger partial charge in [0.1, 0.15) is 6.33 Å². The maximum Gasteiger partial charge on any atom is 0.157 e. The number of nitrogens with zero attached hydrogens (tertiary/aromatic N) is 2. The third-order valence-corrected chi connectivity index (χ3v) is 1.92. The monoisotopic (exact) mass is 194 g/mol. The largest absolute Gasteiger partial charge is 0.398 e. The third-order valence-electron chi connectivity index (χ3n) is 1.68. The van der Waals surface area contributed by atoms with E-state index in [1.807, 2.05) is 0 Å². The van der Waals surface area contributed by atoms with Crippen molar-refractivity contribution >= 4 is 17.3 Å². The smallest absolute Gasteiger partial charge is 0.157 e. The normalized spacial score (nSPS) is 10.2. The van der Waals surface area contributed by atoms with Gasteiger partial charge in [-0.25, -0.2) is 4.98 Å². The molecule has 0 saturated heterocycles. The molecule has 0 aliphatic carbocycles. The van der Waals surface area contributed by atoms with Crippen LogP contribution in [0.3, 0.4) is 0 Å². The van der Waals surface area contributed by atoms with Crippen molar-refractivity contribution in [2.45, 2.75) is 0 Å². The van der Waals surface area contributed by atoms with Gasteiger partial charge in [0.15, 0.2) is 5.82 Å². The van der Waals surface area contributed by atoms with Gasteiger partial charge < -0.3 is 5.73 Å². The summed E-state index contributed by atoms with van der Waals surface area (Å²) in [6.07, 6.45) is 1.43. The summed E-state index contributed by atoms with van der Waals surface area (Å²) < 4.78 is 0. The van der Waals surface area contributed by atoms with Crippen LogP contribution in [0.2, 0.25) is 5.02 Å². The molecule has 5 heteroatoms. The van der Waals surface area contributed by atoms with Gasteiger partial charge in [-0.1, -0.05) is 11.6 Å². The summed E-state index contributed by atoms with van der Waals surface area (Å²) in [7, 11) is 0. The molecule has 1 aromatic carbocycles. The zero-order chi connectivity index (χ0) is 9.26. The van der Waals surface area contributed by atoms with E-state index in [4.69, 9.17) is 17.3 Å². The molecule has 0 saturated carbocycles. The molecule has 13 heavy (non-hydrogen) atoms. The predicted octanol–water partition coefficient (Wildman–Crippen LogP) is 1.71. The van der Waals surface area contributed by atoms with Crippen LogP contribution in [0.5, 0.6) is 0 Å². The molecule has 0 aliphatic rings. The second kappa shape index (κ2) is 3.06. The number of hydrogen-bond acceptors (Lipinski definition) is 3. The Kier molecular flexibility index (Phi) is 1.90. The minimum atomic E-state index is 0.587. The van der Waals surface area contributed by atoms with Crippen molar-refractivity contribution in [1.29, 1.82) is 0 Å². The Bertz CT molecular complexity index is 410. The van der Waals surface area contributed by atoms with E-state index in [1.165, 1.54) is 6.33 Å². The summed E-state index contributed by atoms with van der Waals surface area (Å²) in [5, 5.41) is 7.08. The number of aromatic nitrogens is 3. The van der Waals surface area contributed by atoms with Crippen molar-refractivity contribution in [2.24, 2.45) is 0 Å². The number of nitrogens with two attached hydrogens (primary N) is 1. The molecule has 0 amide bonds. The number of rotatable bonds is 1. The summed E-state index contributed by atoms with van der Waals surface area (Å²) >= 11 is 5.75. The first kappa shape index (κ1) is 8.07. The third kappa shape index (κ3) is 1.48. The van der Waals surface area contributed by atoms with E-state index in [1.54, 1.807) is 18.2 Å². The molecule has 0 fully saturated rings. The van der Waals surface area contributed by atoms with Crippen LogP contribution >= 0.6 is 11.6 Å². The van der Waals surface area contributed by atoms with E-state index >= 15 is 0 Å². The highest BCUT2D eigenvalue weighted by molar-refractivity contribution is 6.31. The van der Waals surface area contributed by atoms with E-state index < -0.39 is 0 Å². The van der Waals surface area contributed by atoms with Gasteiger partial charge in [-0.15, -0.1) is 0 Å². The Balaban J connectivity index is 2.53. The molecule has 2 aromatic rings. The van der Waals surface area contributed by atoms with Crippen molar-refractivity contribution in [2.75, 3.05) is 5.73 Å². The van der Waals surface area contributed by atoms with Crippen LogP contribution in [0.1, 0.15) is 0 Å². The van der Waals surface area contributed by atoms with E-state index in [9.17, 15) is 0 Å². The predicted molar refractivity (Wildman–Crippen MR) is 51.2 cm³/mol. The molecule has 0 aliphatic heterocycles. The average Bonchev–Trinajstić information content (AvgIpc) is 2.56. The van der Waals surface area contributed by atoms with Gasteiger partial charge in [0.2, 0.25) is 0 Å². The van der Waals surface area contributed by atoms with E-state index in [2.05, 4.69) is 15.2 Å². The number of nitrogen functional groups attached to an aromatic ring is 1. The van der Waals surface area contributed by atoms with Gasteiger partial charge >= 0.3 is 0 Å². The molecule has 0 bridgehead atoms. The van der Waals surface area contributed by atoms with Crippen LogP contribution in [-0.4, -0.2) is 15.2 Å². The van der Waals surface area contributed by atoms with Crippen molar-refractivity contribution in [3.05, 3.63) is 29.5 Å². The minimum absolute atomic E-state index is 0.587. The van der Waals surface area contributed by atoms with Gasteiger partial charge in [-0.05, 0) is 18.2 Å². The first-order valence-electron chi connectivity index (χ1n) is 3.68. The molecular weight excluding hydrogens is 188 g/mol. The topological polar surface area (TPSA) is 67.6 Å². The van der Waals surface area contributed by atoms with E-state index in [0.717, 1.165) is 5.56 Å². The second-order valence-corrected chi connectivity index (χ2v) is 3.00. The van der Waals surface area contributed by atoms with Crippen LogP contribution in [-0.2, 0) is 0 Å². The lowest BCUT2D eigenvalue weighted by Gasteiger charge is -2.01. The van der Waals surface area contributed by atoms with E-state index in [-0.39, 0.29) is 0 Å². The fraction of sp³-hybridized carbons (Fsp3) is 0. The first-order chi connectivity index (χ1) is 6.27. The Morgan fingerprint density at radius 2 is 2.23 bits per heavy atom. The summed E-state index contributed by atoms with van der Waals surface area (Å²) in [4.78, 5) is 3.99. The maximum atomic E-state index is 5.75. The van der Waals surface area contributed by atoms with E-state index in [0.29, 0.717) is 16.5 Å². The number of anilines is 1. The molecule has 1 aromatic heterocycles. The number of benzene rings is 1. The quantitative estimate of drug-likeness (QED) is 0.679. The van der Waals surface area contributed by atoms with Gasteiger partial charge in [-0.2, -0.15) is 5.10 Å². The van der Waals surface area contributed by atoms with Crippen LogP contribution in [0.4, 0.5) is 5.69 Å². The zero-order valence-corrected chi connectivity index (χ0v) is 7.42. The fourth-order valence-electron chi connectivity index (χ4n) is 1.08. The highest BCUT2D eigenvalue weighted by Crippen LogP contribution is 2.24. The van der Waals surface area contributed by atoms with Crippen molar-refractivity contribution < 1.29 is 0 Å². The molecule has 4 nitrogen and oxygen atoms in total. The molecule has 1 heterocycles. The standard InChI is InChI=1S/C8H7ClN4/c9-5-1-2-6(7(10)3-5)8-11-4-12-13-8/h1-4H,10H2,(H,11,12,13). The molecule has 0 spiro atoms. The van der Waals surface area contributed by atoms with Crippen molar-refractivity contribution in [3.63, 3.8) is 0 Å². The Hall–Kier alpha value is -1.55. The van der Waals surface area contributed by atoms with Crippen LogP contribution in [0, 0.1) is 0 Å². The number of halogens is 1. The Labute approximate surface area is 79.7 Å². The molecule has 3 N–H and O–H groups in total. The van der Waals surface area contributed by atoms with Gasteiger partial charge in [-0.3, -0.25) is 5.10 Å². The zero-order valence-electron chi connectivity index (χ0n) is 6.66. The van der Waals surface area contributed by atoms with Gasteiger partial charge in [0.05, 0.1) is 0 Å². The lowest BCUT2D eigenvalue weighted by molar-refractivity contribution is 1.10. The van der Waals surface area contributed by atoms with Crippen LogP contribution in [0.15, 0.2) is 24.5 Å². The van der Waals surface area contributed by atoms with Crippen LogP contribution in [0.25, 0.3) is 11.4 Å². The Morgan fingerprint density at radius 3 is 2.85 bits per heavy atom. The highest BCUT2D eigenvalue weighted by Gasteiger charge is 2.04. The van der Waals surface area contributed by atoms with Crippen LogP contribution < -0.4 is 5.73 Å². The summed E-state index contributed by atoms with van der Waals surface area (Å²) in [5.74, 6) is 0.647. The highest BCUT2D eigenvalue weighted by atomic mass is 35.5. The molecule has 2 rings (SSSR count). The number of H-pyrrole nitrogens is 1. The number of nitrogens with one attached hydrogen (secondary N) is 1. The first-order valence-corrected chi connectivity index (χ1v) is 4.06. The number of aromatic amines is 1. The molecule has 66 valence electrons. The SMILES string of the molecule is Nc1cc(Cl)ccc1-c1ncn[nH]1.